The van der Waals surface area contributed by atoms with Gasteiger partial charge in [-0.3, -0.25) is 9.59 Å². The van der Waals surface area contributed by atoms with Gasteiger partial charge in [0.2, 0.25) is 0 Å². The normalized spacial score (nSPS) is 15.5. The van der Waals surface area contributed by atoms with Crippen molar-refractivity contribution in [1.29, 1.82) is 0 Å². The zero-order valence-corrected chi connectivity index (χ0v) is 14.4. The van der Waals surface area contributed by atoms with Gasteiger partial charge in [0.15, 0.2) is 11.5 Å². The van der Waals surface area contributed by atoms with Crippen LogP contribution in [0.3, 0.4) is 0 Å². The van der Waals surface area contributed by atoms with Gasteiger partial charge in [0.1, 0.15) is 5.76 Å². The lowest BCUT2D eigenvalue weighted by Gasteiger charge is -2.15. The Morgan fingerprint density at radius 2 is 2.00 bits per heavy atom. The molecule has 2 aromatic rings. The quantitative estimate of drug-likeness (QED) is 0.864. The molecule has 1 aromatic heterocycles. The van der Waals surface area contributed by atoms with E-state index in [1.165, 1.54) is 12.1 Å². The Hall–Kier alpha value is -2.57. The number of benzene rings is 1. The third-order valence-electron chi connectivity index (χ3n) is 4.57. The average Bonchev–Trinajstić information content (AvgIpc) is 2.92. The summed E-state index contributed by atoms with van der Waals surface area (Å²) in [4.78, 5) is 24.5. The number of halogens is 3. The highest BCUT2D eigenvalue weighted by Crippen LogP contribution is 2.32. The van der Waals surface area contributed by atoms with Crippen LogP contribution in [0, 0.1) is 6.92 Å². The first-order valence-electron chi connectivity index (χ1n) is 8.32. The predicted molar refractivity (Wildman–Crippen MR) is 88.0 cm³/mol. The maximum Gasteiger partial charge on any atom is 0.416 e. The van der Waals surface area contributed by atoms with Crippen molar-refractivity contribution < 1.29 is 27.2 Å². The van der Waals surface area contributed by atoms with Crippen molar-refractivity contribution in [2.24, 2.45) is 0 Å². The molecule has 1 N–H and O–H groups in total. The highest BCUT2D eigenvalue weighted by molar-refractivity contribution is 6.03. The minimum absolute atomic E-state index is 0.0440. The predicted octanol–water partition coefficient (Wildman–Crippen LogP) is 4.62. The first-order chi connectivity index (χ1) is 12.2. The van der Waals surface area contributed by atoms with E-state index >= 15 is 0 Å². The average molecular weight is 365 g/mol. The summed E-state index contributed by atoms with van der Waals surface area (Å²) < 4.78 is 44.1. The number of ketones is 1. The number of furan rings is 1. The fourth-order valence-electron chi connectivity index (χ4n) is 3.20. The SMILES string of the molecule is Cc1c(C(=O)N[C@@H](C)c2cccc(C(F)(F)F)c2)oc2c1C(=O)CCC2. The van der Waals surface area contributed by atoms with Crippen molar-refractivity contribution >= 4 is 11.7 Å². The number of carbonyl (C=O) groups excluding carboxylic acids is 2. The lowest BCUT2D eigenvalue weighted by molar-refractivity contribution is -0.137. The fourth-order valence-corrected chi connectivity index (χ4v) is 3.20. The number of fused-ring (bicyclic) bond motifs is 1. The zero-order chi connectivity index (χ0) is 19.1. The van der Waals surface area contributed by atoms with Gasteiger partial charge in [0, 0.05) is 18.4 Å². The Morgan fingerprint density at radius 3 is 2.65 bits per heavy atom. The Bertz CT molecular complexity index is 867. The maximum absolute atomic E-state index is 12.8. The fraction of sp³-hybridized carbons (Fsp3) is 0.368. The van der Waals surface area contributed by atoms with Crippen LogP contribution in [0.1, 0.15) is 69.2 Å². The molecule has 1 atom stereocenters. The van der Waals surface area contributed by atoms with Crippen molar-refractivity contribution in [3.8, 4) is 0 Å². The third-order valence-corrected chi connectivity index (χ3v) is 4.57. The summed E-state index contributed by atoms with van der Waals surface area (Å²) in [5, 5.41) is 2.64. The first-order valence-corrected chi connectivity index (χ1v) is 8.32. The molecule has 0 saturated carbocycles. The molecule has 4 nitrogen and oxygen atoms in total. The number of hydrogen-bond donors (Lipinski definition) is 1. The van der Waals surface area contributed by atoms with Gasteiger partial charge in [-0.15, -0.1) is 0 Å². The third kappa shape index (κ3) is 3.38. The summed E-state index contributed by atoms with van der Waals surface area (Å²) in [5.41, 5.74) is 0.510. The monoisotopic (exact) mass is 365 g/mol. The van der Waals surface area contributed by atoms with Crippen molar-refractivity contribution in [3.63, 3.8) is 0 Å². The van der Waals surface area contributed by atoms with Crippen molar-refractivity contribution in [2.75, 3.05) is 0 Å². The van der Waals surface area contributed by atoms with E-state index in [9.17, 15) is 22.8 Å². The summed E-state index contributed by atoms with van der Waals surface area (Å²) in [7, 11) is 0. The van der Waals surface area contributed by atoms with Gasteiger partial charge < -0.3 is 9.73 Å². The summed E-state index contributed by atoms with van der Waals surface area (Å²) in [6.07, 6.45) is -2.75. The van der Waals surface area contributed by atoms with Crippen molar-refractivity contribution in [1.82, 2.24) is 5.32 Å². The molecule has 7 heteroatoms. The molecule has 26 heavy (non-hydrogen) atoms. The minimum atomic E-state index is -4.45. The molecule has 0 aliphatic heterocycles. The topological polar surface area (TPSA) is 59.3 Å². The van der Waals surface area contributed by atoms with Crippen LogP contribution in [0.15, 0.2) is 28.7 Å². The second-order valence-corrected chi connectivity index (χ2v) is 6.45. The van der Waals surface area contributed by atoms with E-state index in [4.69, 9.17) is 4.42 Å². The van der Waals surface area contributed by atoms with Crippen LogP contribution in [0.25, 0.3) is 0 Å². The number of rotatable bonds is 3. The number of Topliss-reactive ketones (excluding diaryl/α,β-unsaturated/α-hetero) is 1. The first kappa shape index (κ1) is 18.2. The van der Waals surface area contributed by atoms with Crippen LogP contribution in [-0.4, -0.2) is 11.7 Å². The molecule has 0 fully saturated rings. The Kier molecular flexibility index (Phi) is 4.64. The summed E-state index contributed by atoms with van der Waals surface area (Å²) >= 11 is 0. The Morgan fingerprint density at radius 1 is 1.27 bits per heavy atom. The Labute approximate surface area is 148 Å². The van der Waals surface area contributed by atoms with Gasteiger partial charge in [-0.25, -0.2) is 0 Å². The van der Waals surface area contributed by atoms with E-state index in [0.717, 1.165) is 12.1 Å². The summed E-state index contributed by atoms with van der Waals surface area (Å²) in [6, 6.07) is 4.16. The largest absolute Gasteiger partial charge is 0.455 e. The van der Waals surface area contributed by atoms with Gasteiger partial charge in [-0.2, -0.15) is 13.2 Å². The number of nitrogens with one attached hydrogen (secondary N) is 1. The van der Waals surface area contributed by atoms with Crippen LogP contribution in [0.5, 0.6) is 0 Å². The molecule has 1 amide bonds. The molecule has 3 rings (SSSR count). The van der Waals surface area contributed by atoms with E-state index in [1.807, 2.05) is 0 Å². The van der Waals surface area contributed by atoms with Crippen molar-refractivity contribution in [2.45, 2.75) is 45.3 Å². The van der Waals surface area contributed by atoms with Crippen LogP contribution in [0.4, 0.5) is 13.2 Å². The number of alkyl halides is 3. The second-order valence-electron chi connectivity index (χ2n) is 6.45. The lowest BCUT2D eigenvalue weighted by Crippen LogP contribution is -2.27. The molecular formula is C19H18F3NO3. The molecule has 138 valence electrons. The van der Waals surface area contributed by atoms with Gasteiger partial charge >= 0.3 is 6.18 Å². The van der Waals surface area contributed by atoms with Gasteiger partial charge in [-0.05, 0) is 38.0 Å². The van der Waals surface area contributed by atoms with Crippen LogP contribution < -0.4 is 5.32 Å². The molecule has 0 saturated heterocycles. The number of aryl methyl sites for hydroxylation is 1. The maximum atomic E-state index is 12.8. The van der Waals surface area contributed by atoms with E-state index in [0.29, 0.717) is 41.7 Å². The number of hydrogen-bond acceptors (Lipinski definition) is 3. The minimum Gasteiger partial charge on any atom is -0.455 e. The Balaban J connectivity index is 1.82. The zero-order valence-electron chi connectivity index (χ0n) is 14.4. The standard InChI is InChI=1S/C19H18F3NO3/c1-10-16-14(24)7-4-8-15(16)26-17(10)18(25)23-11(2)12-5-3-6-13(9-12)19(20,21)22/h3,5-6,9,11H,4,7-8H2,1-2H3,(H,23,25)/t11-/m0/s1. The molecule has 1 aromatic carbocycles. The number of carbonyl (C=O) groups is 2. The van der Waals surface area contributed by atoms with Crippen LogP contribution in [-0.2, 0) is 12.6 Å². The summed E-state index contributed by atoms with van der Waals surface area (Å²) in [5.74, 6) is -0.0354. The molecule has 1 heterocycles. The molecule has 0 radical (unpaired) electrons. The van der Waals surface area contributed by atoms with Gasteiger partial charge in [-0.1, -0.05) is 12.1 Å². The molecular weight excluding hydrogens is 347 g/mol. The van der Waals surface area contributed by atoms with E-state index < -0.39 is 23.7 Å². The number of amides is 1. The molecule has 1 aliphatic rings. The van der Waals surface area contributed by atoms with E-state index in [-0.39, 0.29) is 11.5 Å². The summed E-state index contributed by atoms with van der Waals surface area (Å²) in [6.45, 7) is 3.24. The van der Waals surface area contributed by atoms with E-state index in [1.54, 1.807) is 13.8 Å². The van der Waals surface area contributed by atoms with Crippen LogP contribution in [0.2, 0.25) is 0 Å². The highest BCUT2D eigenvalue weighted by Gasteiger charge is 2.32. The second kappa shape index (κ2) is 6.63. The lowest BCUT2D eigenvalue weighted by atomic mass is 9.94. The van der Waals surface area contributed by atoms with Gasteiger partial charge in [0.25, 0.3) is 5.91 Å². The molecule has 1 aliphatic carbocycles. The molecule has 0 unspecified atom stereocenters. The van der Waals surface area contributed by atoms with Crippen molar-refractivity contribution in [3.05, 3.63) is 58.0 Å². The highest BCUT2D eigenvalue weighted by atomic mass is 19.4. The van der Waals surface area contributed by atoms with Gasteiger partial charge in [0.05, 0.1) is 17.2 Å². The smallest absolute Gasteiger partial charge is 0.416 e. The molecule has 0 spiro atoms. The molecule has 0 bridgehead atoms. The van der Waals surface area contributed by atoms with E-state index in [2.05, 4.69) is 5.32 Å². The van der Waals surface area contributed by atoms with Crippen LogP contribution >= 0.6 is 0 Å².